The highest BCUT2D eigenvalue weighted by atomic mass is 32.2. The number of aryl methyl sites for hydroxylation is 1. The van der Waals surface area contributed by atoms with Crippen LogP contribution in [0.25, 0.3) is 0 Å². The van der Waals surface area contributed by atoms with Crippen molar-refractivity contribution in [1.82, 2.24) is 5.32 Å². The standard InChI is InChI=1S/C31H42FNO13S/c1-15(2)44-28(38)42-13-40-25(35)22-21-23(22)31(33-27(37)46-30(6,7)8,26(36)41-14-43-29(39)45-16(3)4)19(24(21)34)12-47-18-9-10-20(32)17(5)11-18/h9-11,15-16,19,21-24,34H,12-14H2,1-8H3,(H,33,37)/t19-,21+,22+,23+,24-,31+/m1/s1. The number of rotatable bonds is 12. The van der Waals surface area contributed by atoms with Crippen molar-refractivity contribution in [2.24, 2.45) is 23.7 Å². The molecule has 2 N–H and O–H groups in total. The number of halogens is 1. The summed E-state index contributed by atoms with van der Waals surface area (Å²) in [5.41, 5.74) is -2.73. The van der Waals surface area contributed by atoms with Gasteiger partial charge in [0.25, 0.3) is 0 Å². The lowest BCUT2D eigenvalue weighted by atomic mass is 9.80. The van der Waals surface area contributed by atoms with E-state index in [2.05, 4.69) is 5.32 Å². The van der Waals surface area contributed by atoms with Crippen LogP contribution in [0.5, 0.6) is 0 Å². The Kier molecular flexibility index (Phi) is 12.3. The number of esters is 2. The second-order valence-corrected chi connectivity index (χ2v) is 13.8. The molecular formula is C31H42FNO13S. The Labute approximate surface area is 276 Å². The van der Waals surface area contributed by atoms with Crippen molar-refractivity contribution in [3.8, 4) is 0 Å². The van der Waals surface area contributed by atoms with Crippen LogP contribution in [-0.4, -0.2) is 84.2 Å². The summed E-state index contributed by atoms with van der Waals surface area (Å²) < 4.78 is 49.1. The molecule has 0 spiro atoms. The molecule has 0 aromatic heterocycles. The Bertz CT molecular complexity index is 1330. The van der Waals surface area contributed by atoms with Gasteiger partial charge < -0.3 is 43.6 Å². The fraction of sp³-hybridized carbons (Fsp3) is 0.645. The maximum absolute atomic E-state index is 14.0. The summed E-state index contributed by atoms with van der Waals surface area (Å²) in [7, 11) is 0. The number of aliphatic hydroxyl groups is 1. The molecule has 0 unspecified atom stereocenters. The van der Waals surface area contributed by atoms with E-state index >= 15 is 0 Å². The van der Waals surface area contributed by atoms with Gasteiger partial charge in [0.15, 0.2) is 5.54 Å². The normalized spacial score (nSPS) is 24.6. The minimum Gasteiger partial charge on any atom is -0.444 e. The molecule has 2 saturated carbocycles. The molecule has 14 nitrogen and oxygen atoms in total. The Hall–Kier alpha value is -3.79. The van der Waals surface area contributed by atoms with E-state index in [1.54, 1.807) is 61.5 Å². The molecule has 0 heterocycles. The molecule has 1 amide bonds. The third-order valence-electron chi connectivity index (χ3n) is 7.28. The minimum absolute atomic E-state index is 0.00763. The summed E-state index contributed by atoms with van der Waals surface area (Å²) in [5.74, 6) is -6.67. The number of fused-ring (bicyclic) bond motifs is 1. The zero-order chi connectivity index (χ0) is 35.3. The van der Waals surface area contributed by atoms with Gasteiger partial charge in [-0.3, -0.25) is 4.79 Å². The van der Waals surface area contributed by atoms with Crippen molar-refractivity contribution in [2.45, 2.75) is 89.7 Å². The Morgan fingerprint density at radius 1 is 0.957 bits per heavy atom. The monoisotopic (exact) mass is 687 g/mol. The number of nitrogens with one attached hydrogen (secondary N) is 1. The predicted molar refractivity (Wildman–Crippen MR) is 161 cm³/mol. The van der Waals surface area contributed by atoms with E-state index in [0.717, 1.165) is 0 Å². The first kappa shape index (κ1) is 37.7. The van der Waals surface area contributed by atoms with Crippen LogP contribution in [0.3, 0.4) is 0 Å². The molecule has 0 saturated heterocycles. The number of benzene rings is 1. The van der Waals surface area contributed by atoms with Crippen molar-refractivity contribution < 1.29 is 66.6 Å². The van der Waals surface area contributed by atoms with Crippen molar-refractivity contribution in [3.63, 3.8) is 0 Å². The Morgan fingerprint density at radius 3 is 2.06 bits per heavy atom. The van der Waals surface area contributed by atoms with Crippen molar-refractivity contribution in [1.29, 1.82) is 0 Å². The van der Waals surface area contributed by atoms with E-state index < -0.39 is 103 Å². The molecule has 47 heavy (non-hydrogen) atoms. The fourth-order valence-electron chi connectivity index (χ4n) is 5.48. The molecule has 262 valence electrons. The Balaban J connectivity index is 1.93. The highest BCUT2D eigenvalue weighted by Crippen LogP contribution is 2.66. The van der Waals surface area contributed by atoms with Crippen LogP contribution >= 0.6 is 11.8 Å². The lowest BCUT2D eigenvalue weighted by Crippen LogP contribution is -2.63. The van der Waals surface area contributed by atoms with E-state index in [9.17, 15) is 33.5 Å². The molecule has 16 heteroatoms. The molecule has 0 radical (unpaired) electrons. The van der Waals surface area contributed by atoms with Crippen LogP contribution < -0.4 is 5.32 Å². The molecule has 2 fully saturated rings. The van der Waals surface area contributed by atoms with Gasteiger partial charge in [-0.05, 0) is 79.2 Å². The van der Waals surface area contributed by atoms with Crippen LogP contribution in [-0.2, 0) is 42.7 Å². The number of amides is 1. The second-order valence-electron chi connectivity index (χ2n) is 12.7. The van der Waals surface area contributed by atoms with Crippen molar-refractivity contribution >= 4 is 42.1 Å². The molecule has 0 bridgehead atoms. The summed E-state index contributed by atoms with van der Waals surface area (Å²) in [6.45, 7) is 11.0. The zero-order valence-electron chi connectivity index (χ0n) is 27.5. The van der Waals surface area contributed by atoms with Crippen molar-refractivity contribution in [3.05, 3.63) is 29.6 Å². The van der Waals surface area contributed by atoms with E-state index in [0.29, 0.717) is 10.5 Å². The lowest BCUT2D eigenvalue weighted by Gasteiger charge is -2.38. The van der Waals surface area contributed by atoms with Gasteiger partial charge in [0.1, 0.15) is 11.4 Å². The summed E-state index contributed by atoms with van der Waals surface area (Å²) in [6.07, 6.45) is -5.60. The van der Waals surface area contributed by atoms with Gasteiger partial charge in [-0.2, -0.15) is 0 Å². The summed E-state index contributed by atoms with van der Waals surface area (Å²) in [4.78, 5) is 64.7. The molecule has 3 rings (SSSR count). The highest BCUT2D eigenvalue weighted by molar-refractivity contribution is 7.99. The maximum atomic E-state index is 14.0. The van der Waals surface area contributed by atoms with Gasteiger partial charge in [0.2, 0.25) is 13.6 Å². The first-order valence-corrected chi connectivity index (χ1v) is 15.9. The van der Waals surface area contributed by atoms with Gasteiger partial charge in [0, 0.05) is 28.4 Å². The van der Waals surface area contributed by atoms with Crippen molar-refractivity contribution in [2.75, 3.05) is 19.3 Å². The van der Waals surface area contributed by atoms with Crippen LogP contribution in [0.1, 0.15) is 54.0 Å². The van der Waals surface area contributed by atoms with Gasteiger partial charge >= 0.3 is 30.3 Å². The molecule has 2 aliphatic rings. The first-order valence-electron chi connectivity index (χ1n) is 15.0. The smallest absolute Gasteiger partial charge is 0.444 e. The second kappa shape index (κ2) is 15.4. The molecule has 6 atom stereocenters. The van der Waals surface area contributed by atoms with Crippen LogP contribution in [0.15, 0.2) is 23.1 Å². The van der Waals surface area contributed by atoms with E-state index in [1.807, 2.05) is 0 Å². The number of ether oxygens (including phenoxy) is 7. The third-order valence-corrected chi connectivity index (χ3v) is 8.39. The summed E-state index contributed by atoms with van der Waals surface area (Å²) in [6, 6.07) is 4.39. The van der Waals surface area contributed by atoms with Gasteiger partial charge in [0.05, 0.1) is 24.2 Å². The number of aliphatic hydroxyl groups excluding tert-OH is 1. The van der Waals surface area contributed by atoms with Crippen LogP contribution in [0.4, 0.5) is 18.8 Å². The predicted octanol–water partition coefficient (Wildman–Crippen LogP) is 4.47. The SMILES string of the molecule is Cc1cc(SC[C@@H]2[C@@H](O)[C@H]3[C@H](C(=O)OCOC(=O)OC(C)C)[C@H]3[C@]2(NC(=O)OC(C)(C)C)C(=O)OCOC(=O)OC(C)C)ccc1F. The average Bonchev–Trinajstić information content (AvgIpc) is 3.63. The van der Waals surface area contributed by atoms with E-state index in [1.165, 1.54) is 23.9 Å². The van der Waals surface area contributed by atoms with E-state index in [4.69, 9.17) is 33.2 Å². The van der Waals surface area contributed by atoms with Gasteiger partial charge in [-0.15, -0.1) is 11.8 Å². The quantitative estimate of drug-likeness (QED) is 0.136. The molecule has 1 aromatic rings. The van der Waals surface area contributed by atoms with Gasteiger partial charge in [-0.1, -0.05) is 0 Å². The number of alkyl carbamates (subject to hydrolysis) is 1. The maximum Gasteiger partial charge on any atom is 0.511 e. The number of thioether (sulfide) groups is 1. The number of carbonyl (C=O) groups is 5. The molecule has 2 aliphatic carbocycles. The van der Waals surface area contributed by atoms with Crippen LogP contribution in [0, 0.1) is 36.4 Å². The fourth-order valence-corrected chi connectivity index (χ4v) is 6.74. The molecule has 0 aliphatic heterocycles. The van der Waals surface area contributed by atoms with Gasteiger partial charge in [-0.25, -0.2) is 23.6 Å². The summed E-state index contributed by atoms with van der Waals surface area (Å²) in [5, 5.41) is 14.1. The Morgan fingerprint density at radius 2 is 1.53 bits per heavy atom. The van der Waals surface area contributed by atoms with Crippen LogP contribution in [0.2, 0.25) is 0 Å². The highest BCUT2D eigenvalue weighted by Gasteiger charge is 2.80. The summed E-state index contributed by atoms with van der Waals surface area (Å²) >= 11 is 1.17. The molecule has 1 aromatic carbocycles. The number of hydrogen-bond acceptors (Lipinski definition) is 14. The number of hydrogen-bond donors (Lipinski definition) is 2. The molecular weight excluding hydrogens is 645 g/mol. The first-order chi connectivity index (χ1) is 21.9. The lowest BCUT2D eigenvalue weighted by molar-refractivity contribution is -0.167. The average molecular weight is 688 g/mol. The number of carbonyl (C=O) groups excluding carboxylic acids is 5. The van der Waals surface area contributed by atoms with E-state index in [-0.39, 0.29) is 5.75 Å². The third kappa shape index (κ3) is 9.62. The largest absolute Gasteiger partial charge is 0.511 e. The topological polar surface area (TPSA) is 182 Å². The minimum atomic E-state index is -2.10. The zero-order valence-corrected chi connectivity index (χ0v) is 28.3.